The molecule has 0 heterocycles. The van der Waals surface area contributed by atoms with Gasteiger partial charge in [-0.1, -0.05) is 38.5 Å². The van der Waals surface area contributed by atoms with E-state index in [1.165, 1.54) is 7.11 Å². The molecule has 5 heteroatoms. The second kappa shape index (κ2) is 11.0. The van der Waals surface area contributed by atoms with E-state index in [9.17, 15) is 4.79 Å². The molecule has 0 aliphatic rings. The van der Waals surface area contributed by atoms with Gasteiger partial charge in [-0.05, 0) is 63.7 Å². The van der Waals surface area contributed by atoms with Gasteiger partial charge in [0.05, 0.1) is 24.6 Å². The maximum atomic E-state index is 11.5. The van der Waals surface area contributed by atoms with E-state index in [2.05, 4.69) is 22.9 Å². The Morgan fingerprint density at radius 3 is 2.70 bits per heavy atom. The van der Waals surface area contributed by atoms with E-state index in [-0.39, 0.29) is 11.9 Å². The Labute approximate surface area is 170 Å². The molecule has 0 bridgehead atoms. The van der Waals surface area contributed by atoms with E-state index in [0.717, 1.165) is 39.9 Å². The van der Waals surface area contributed by atoms with Gasteiger partial charge in [0.2, 0.25) is 0 Å². The first-order chi connectivity index (χ1) is 13.0. The van der Waals surface area contributed by atoms with Crippen LogP contribution in [-0.4, -0.2) is 19.7 Å². The van der Waals surface area contributed by atoms with Gasteiger partial charge in [0.25, 0.3) is 0 Å². The molecule has 0 aliphatic carbocycles. The number of ether oxygens (including phenoxy) is 3. The Kier molecular flexibility index (Phi) is 8.65. The van der Waals surface area contributed by atoms with Crippen LogP contribution in [0.5, 0.6) is 11.5 Å². The molecule has 27 heavy (non-hydrogen) atoms. The number of benzene rings is 2. The standard InChI is InChI=1S/C22H27BrO4/c1-4-5-11-26-21-13-17(9-10-20(21)23)15-27-19-8-6-7-18(14-19)16(2)12-22(24)25-3/h6-10,13-14,16H,4-5,11-12,15H2,1-3H3/t16-/m1/s1. The summed E-state index contributed by atoms with van der Waals surface area (Å²) in [5.74, 6) is 1.48. The van der Waals surface area contributed by atoms with Gasteiger partial charge >= 0.3 is 5.97 Å². The van der Waals surface area contributed by atoms with Gasteiger partial charge in [0.15, 0.2) is 0 Å². The number of hydrogen-bond donors (Lipinski definition) is 0. The molecule has 0 N–H and O–H groups in total. The third-order valence-electron chi connectivity index (χ3n) is 4.28. The van der Waals surface area contributed by atoms with Crippen LogP contribution in [0.1, 0.15) is 50.2 Å². The van der Waals surface area contributed by atoms with Crippen LogP contribution in [-0.2, 0) is 16.1 Å². The number of carbonyl (C=O) groups is 1. The van der Waals surface area contributed by atoms with E-state index < -0.39 is 0 Å². The zero-order chi connectivity index (χ0) is 19.6. The molecule has 4 nitrogen and oxygen atoms in total. The average molecular weight is 435 g/mol. The summed E-state index contributed by atoms with van der Waals surface area (Å²) in [7, 11) is 1.41. The van der Waals surface area contributed by atoms with Crippen molar-refractivity contribution < 1.29 is 19.0 Å². The Morgan fingerprint density at radius 2 is 1.96 bits per heavy atom. The molecule has 2 aromatic rings. The molecule has 146 valence electrons. The van der Waals surface area contributed by atoms with Crippen molar-refractivity contribution in [2.75, 3.05) is 13.7 Å². The summed E-state index contributed by atoms with van der Waals surface area (Å²) in [5.41, 5.74) is 2.09. The second-order valence-electron chi connectivity index (χ2n) is 6.51. The first kappa shape index (κ1) is 21.3. The van der Waals surface area contributed by atoms with Crippen molar-refractivity contribution in [3.63, 3.8) is 0 Å². The fraction of sp³-hybridized carbons (Fsp3) is 0.409. The molecule has 0 saturated heterocycles. The van der Waals surface area contributed by atoms with Gasteiger partial charge in [-0.15, -0.1) is 0 Å². The number of esters is 1. The van der Waals surface area contributed by atoms with Crippen LogP contribution in [0.25, 0.3) is 0 Å². The molecule has 0 fully saturated rings. The molecule has 1 atom stereocenters. The van der Waals surface area contributed by atoms with Crippen molar-refractivity contribution >= 4 is 21.9 Å². The highest BCUT2D eigenvalue weighted by molar-refractivity contribution is 9.10. The number of halogens is 1. The third-order valence-corrected chi connectivity index (χ3v) is 4.94. The summed E-state index contributed by atoms with van der Waals surface area (Å²) in [4.78, 5) is 11.5. The molecule has 2 aromatic carbocycles. The molecule has 0 radical (unpaired) electrons. The quantitative estimate of drug-likeness (QED) is 0.346. The maximum absolute atomic E-state index is 11.5. The Bertz CT molecular complexity index is 745. The van der Waals surface area contributed by atoms with E-state index in [1.807, 2.05) is 49.4 Å². The van der Waals surface area contributed by atoms with E-state index >= 15 is 0 Å². The number of rotatable bonds is 10. The van der Waals surface area contributed by atoms with Crippen LogP contribution in [0.2, 0.25) is 0 Å². The highest BCUT2D eigenvalue weighted by atomic mass is 79.9. The van der Waals surface area contributed by atoms with Gasteiger partial charge in [0.1, 0.15) is 18.1 Å². The molecule has 0 aromatic heterocycles. The van der Waals surface area contributed by atoms with Crippen LogP contribution in [0.4, 0.5) is 0 Å². The van der Waals surface area contributed by atoms with E-state index in [4.69, 9.17) is 14.2 Å². The zero-order valence-electron chi connectivity index (χ0n) is 16.2. The maximum Gasteiger partial charge on any atom is 0.306 e. The predicted octanol–water partition coefficient (Wildman–Crippen LogP) is 5.87. The minimum atomic E-state index is -0.209. The minimum Gasteiger partial charge on any atom is -0.492 e. The van der Waals surface area contributed by atoms with Crippen molar-refractivity contribution in [3.05, 3.63) is 58.1 Å². The Balaban J connectivity index is 1.99. The lowest BCUT2D eigenvalue weighted by Gasteiger charge is -2.14. The monoisotopic (exact) mass is 434 g/mol. The molecule has 0 aliphatic heterocycles. The van der Waals surface area contributed by atoms with Crippen LogP contribution < -0.4 is 9.47 Å². The summed E-state index contributed by atoms with van der Waals surface area (Å²) in [6, 6.07) is 13.8. The highest BCUT2D eigenvalue weighted by Crippen LogP contribution is 2.28. The molecule has 0 amide bonds. The van der Waals surface area contributed by atoms with Gasteiger partial charge in [-0.2, -0.15) is 0 Å². The van der Waals surface area contributed by atoms with Crippen molar-refractivity contribution in [1.29, 1.82) is 0 Å². The smallest absolute Gasteiger partial charge is 0.306 e. The fourth-order valence-electron chi connectivity index (χ4n) is 2.60. The second-order valence-corrected chi connectivity index (χ2v) is 7.36. The third kappa shape index (κ3) is 6.90. The SMILES string of the molecule is CCCCOc1cc(COc2cccc([C@H](C)CC(=O)OC)c2)ccc1Br. The number of unbranched alkanes of at least 4 members (excludes halogenated alkanes) is 1. The molecule has 0 unspecified atom stereocenters. The molecular weight excluding hydrogens is 408 g/mol. The largest absolute Gasteiger partial charge is 0.492 e. The van der Waals surface area contributed by atoms with Gasteiger partial charge in [-0.3, -0.25) is 4.79 Å². The molecule has 0 spiro atoms. The highest BCUT2D eigenvalue weighted by Gasteiger charge is 2.12. The van der Waals surface area contributed by atoms with Crippen LogP contribution in [0.3, 0.4) is 0 Å². The summed E-state index contributed by atoms with van der Waals surface area (Å²) in [5, 5.41) is 0. The number of hydrogen-bond acceptors (Lipinski definition) is 4. The number of carbonyl (C=O) groups excluding carboxylic acids is 1. The average Bonchev–Trinajstić information content (AvgIpc) is 2.68. The van der Waals surface area contributed by atoms with Crippen molar-refractivity contribution in [2.45, 2.75) is 45.6 Å². The van der Waals surface area contributed by atoms with E-state index in [0.29, 0.717) is 19.6 Å². The van der Waals surface area contributed by atoms with Gasteiger partial charge in [0, 0.05) is 0 Å². The summed E-state index contributed by atoms with van der Waals surface area (Å²) in [6.07, 6.45) is 2.49. The number of methoxy groups -OCH3 is 1. The summed E-state index contributed by atoms with van der Waals surface area (Å²) in [6.45, 7) is 5.30. The predicted molar refractivity (Wildman–Crippen MR) is 110 cm³/mol. The minimum absolute atomic E-state index is 0.0762. The lowest BCUT2D eigenvalue weighted by Crippen LogP contribution is -2.06. The van der Waals surface area contributed by atoms with Crippen LogP contribution >= 0.6 is 15.9 Å². The first-order valence-electron chi connectivity index (χ1n) is 9.24. The normalized spacial score (nSPS) is 11.7. The van der Waals surface area contributed by atoms with Crippen LogP contribution in [0, 0.1) is 0 Å². The van der Waals surface area contributed by atoms with Crippen molar-refractivity contribution in [3.8, 4) is 11.5 Å². The van der Waals surface area contributed by atoms with Crippen molar-refractivity contribution in [2.24, 2.45) is 0 Å². The Hall–Kier alpha value is -2.01. The first-order valence-corrected chi connectivity index (χ1v) is 10.0. The summed E-state index contributed by atoms with van der Waals surface area (Å²) < 4.78 is 17.5. The lowest BCUT2D eigenvalue weighted by molar-refractivity contribution is -0.140. The molecular formula is C22H27BrO4. The Morgan fingerprint density at radius 1 is 1.15 bits per heavy atom. The summed E-state index contributed by atoms with van der Waals surface area (Å²) >= 11 is 3.53. The van der Waals surface area contributed by atoms with E-state index in [1.54, 1.807) is 0 Å². The lowest BCUT2D eigenvalue weighted by atomic mass is 9.98. The van der Waals surface area contributed by atoms with Gasteiger partial charge in [-0.25, -0.2) is 0 Å². The molecule has 2 rings (SSSR count). The molecule has 0 saturated carbocycles. The van der Waals surface area contributed by atoms with Gasteiger partial charge < -0.3 is 14.2 Å². The van der Waals surface area contributed by atoms with Crippen LogP contribution in [0.15, 0.2) is 46.9 Å². The fourth-order valence-corrected chi connectivity index (χ4v) is 2.96. The zero-order valence-corrected chi connectivity index (χ0v) is 17.8. The topological polar surface area (TPSA) is 44.8 Å². The van der Waals surface area contributed by atoms with Crippen molar-refractivity contribution in [1.82, 2.24) is 0 Å².